The lowest BCUT2D eigenvalue weighted by Gasteiger charge is -2.22. The number of aromatic hydroxyl groups is 1. The Morgan fingerprint density at radius 1 is 1.14 bits per heavy atom. The van der Waals surface area contributed by atoms with Gasteiger partial charge in [0.2, 0.25) is 5.91 Å². The lowest BCUT2D eigenvalue weighted by atomic mass is 10.1. The van der Waals surface area contributed by atoms with Crippen molar-refractivity contribution >= 4 is 17.3 Å². The van der Waals surface area contributed by atoms with Gasteiger partial charge in [-0.3, -0.25) is 4.79 Å². The molecule has 3 rings (SSSR count). The Morgan fingerprint density at radius 3 is 2.76 bits per heavy atom. The highest BCUT2D eigenvalue weighted by Crippen LogP contribution is 2.29. The van der Waals surface area contributed by atoms with Crippen LogP contribution in [0.3, 0.4) is 0 Å². The second kappa shape index (κ2) is 5.87. The van der Waals surface area contributed by atoms with E-state index in [4.69, 9.17) is 0 Å². The van der Waals surface area contributed by atoms with Crippen LogP contribution >= 0.6 is 0 Å². The summed E-state index contributed by atoms with van der Waals surface area (Å²) in [6, 6.07) is 14.8. The summed E-state index contributed by atoms with van der Waals surface area (Å²) in [5, 5.41) is 13.2. The molecule has 0 aromatic heterocycles. The van der Waals surface area contributed by atoms with Gasteiger partial charge in [-0.15, -0.1) is 0 Å². The van der Waals surface area contributed by atoms with E-state index < -0.39 is 0 Å². The molecular weight excluding hydrogens is 264 g/mol. The van der Waals surface area contributed by atoms with Gasteiger partial charge in [-0.2, -0.15) is 0 Å². The van der Waals surface area contributed by atoms with E-state index in [0.29, 0.717) is 12.1 Å². The SMILES string of the molecule is O=C(Cc1ccccc1O)N1CCCNc2ccccc21. The van der Waals surface area contributed by atoms with Gasteiger partial charge in [0.15, 0.2) is 0 Å². The monoisotopic (exact) mass is 282 g/mol. The van der Waals surface area contributed by atoms with Gasteiger partial charge in [0.05, 0.1) is 17.8 Å². The molecule has 0 bridgehead atoms. The summed E-state index contributed by atoms with van der Waals surface area (Å²) >= 11 is 0. The van der Waals surface area contributed by atoms with Crippen LogP contribution in [0.15, 0.2) is 48.5 Å². The van der Waals surface area contributed by atoms with E-state index in [-0.39, 0.29) is 18.1 Å². The Hall–Kier alpha value is -2.49. The van der Waals surface area contributed by atoms with Crippen LogP contribution in [0.1, 0.15) is 12.0 Å². The number of benzene rings is 2. The fraction of sp³-hybridized carbons (Fsp3) is 0.235. The number of phenolic OH excluding ortho intramolecular Hbond substituents is 1. The van der Waals surface area contributed by atoms with Gasteiger partial charge < -0.3 is 15.3 Å². The van der Waals surface area contributed by atoms with E-state index in [0.717, 1.165) is 24.3 Å². The molecule has 0 unspecified atom stereocenters. The molecule has 108 valence electrons. The number of carbonyl (C=O) groups excluding carboxylic acids is 1. The molecule has 2 N–H and O–H groups in total. The summed E-state index contributed by atoms with van der Waals surface area (Å²) < 4.78 is 0. The minimum absolute atomic E-state index is 0.00708. The van der Waals surface area contributed by atoms with E-state index in [1.807, 2.05) is 35.2 Å². The predicted molar refractivity (Wildman–Crippen MR) is 83.7 cm³/mol. The van der Waals surface area contributed by atoms with Gasteiger partial charge in [0.25, 0.3) is 0 Å². The van der Waals surface area contributed by atoms with Gasteiger partial charge in [0.1, 0.15) is 5.75 Å². The molecule has 0 fully saturated rings. The smallest absolute Gasteiger partial charge is 0.231 e. The first-order valence-electron chi connectivity index (χ1n) is 7.16. The zero-order chi connectivity index (χ0) is 14.7. The Morgan fingerprint density at radius 2 is 1.90 bits per heavy atom. The molecule has 1 aliphatic rings. The number of hydrogen-bond acceptors (Lipinski definition) is 3. The number of carbonyl (C=O) groups is 1. The van der Waals surface area contributed by atoms with Gasteiger partial charge in [-0.1, -0.05) is 30.3 Å². The molecular formula is C17H18N2O2. The average molecular weight is 282 g/mol. The van der Waals surface area contributed by atoms with E-state index in [1.54, 1.807) is 18.2 Å². The quantitative estimate of drug-likeness (QED) is 0.890. The number of hydrogen-bond donors (Lipinski definition) is 2. The lowest BCUT2D eigenvalue weighted by molar-refractivity contribution is -0.118. The average Bonchev–Trinajstić information content (AvgIpc) is 2.72. The Bertz CT molecular complexity index is 655. The molecule has 0 spiro atoms. The van der Waals surface area contributed by atoms with Crippen molar-refractivity contribution in [3.63, 3.8) is 0 Å². The number of phenols is 1. The molecule has 0 atom stereocenters. The van der Waals surface area contributed by atoms with Crippen LogP contribution in [0.25, 0.3) is 0 Å². The topological polar surface area (TPSA) is 52.6 Å². The summed E-state index contributed by atoms with van der Waals surface area (Å²) in [4.78, 5) is 14.4. The fourth-order valence-electron chi connectivity index (χ4n) is 2.62. The number of nitrogens with one attached hydrogen (secondary N) is 1. The third-order valence-electron chi connectivity index (χ3n) is 3.70. The van der Waals surface area contributed by atoms with Crippen molar-refractivity contribution in [2.45, 2.75) is 12.8 Å². The highest BCUT2D eigenvalue weighted by atomic mass is 16.3. The summed E-state index contributed by atoms with van der Waals surface area (Å²) in [6.45, 7) is 1.55. The maximum absolute atomic E-state index is 12.6. The van der Waals surface area contributed by atoms with Crippen molar-refractivity contribution in [3.05, 3.63) is 54.1 Å². The zero-order valence-electron chi connectivity index (χ0n) is 11.7. The fourth-order valence-corrected chi connectivity index (χ4v) is 2.62. The first kappa shape index (κ1) is 13.5. The molecule has 21 heavy (non-hydrogen) atoms. The van der Waals surface area contributed by atoms with Crippen molar-refractivity contribution in [2.75, 3.05) is 23.3 Å². The molecule has 0 saturated carbocycles. The zero-order valence-corrected chi connectivity index (χ0v) is 11.7. The molecule has 0 radical (unpaired) electrons. The number of nitrogens with zero attached hydrogens (tertiary/aromatic N) is 1. The molecule has 1 amide bonds. The van der Waals surface area contributed by atoms with E-state index in [9.17, 15) is 9.90 Å². The summed E-state index contributed by atoms with van der Waals surface area (Å²) in [5.41, 5.74) is 2.56. The van der Waals surface area contributed by atoms with Gasteiger partial charge in [-0.05, 0) is 24.6 Å². The Labute approximate surface area is 124 Å². The van der Waals surface area contributed by atoms with Crippen molar-refractivity contribution in [1.82, 2.24) is 0 Å². The first-order valence-corrected chi connectivity index (χ1v) is 7.16. The first-order chi connectivity index (χ1) is 10.3. The molecule has 4 nitrogen and oxygen atoms in total. The molecule has 0 aliphatic carbocycles. The minimum atomic E-state index is 0.00708. The van der Waals surface area contributed by atoms with Crippen molar-refractivity contribution in [3.8, 4) is 5.75 Å². The molecule has 2 aromatic rings. The molecule has 4 heteroatoms. The van der Waals surface area contributed by atoms with Gasteiger partial charge in [0, 0.05) is 18.7 Å². The number of amides is 1. The van der Waals surface area contributed by atoms with Crippen LogP contribution < -0.4 is 10.2 Å². The van der Waals surface area contributed by atoms with E-state index in [2.05, 4.69) is 5.32 Å². The summed E-state index contributed by atoms with van der Waals surface area (Å²) in [7, 11) is 0. The van der Waals surface area contributed by atoms with Crippen molar-refractivity contribution in [1.29, 1.82) is 0 Å². The maximum Gasteiger partial charge on any atom is 0.231 e. The Kier molecular flexibility index (Phi) is 3.77. The van der Waals surface area contributed by atoms with E-state index >= 15 is 0 Å². The minimum Gasteiger partial charge on any atom is -0.508 e. The summed E-state index contributed by atoms with van der Waals surface area (Å²) in [5.74, 6) is 0.180. The van der Waals surface area contributed by atoms with Crippen LogP contribution in [0.2, 0.25) is 0 Å². The number of anilines is 2. The number of para-hydroxylation sites is 3. The number of fused-ring (bicyclic) bond motifs is 1. The molecule has 1 aliphatic heterocycles. The van der Waals surface area contributed by atoms with E-state index in [1.165, 1.54) is 0 Å². The second-order valence-corrected chi connectivity index (χ2v) is 5.15. The van der Waals surface area contributed by atoms with Crippen LogP contribution in [-0.4, -0.2) is 24.1 Å². The van der Waals surface area contributed by atoms with Crippen LogP contribution in [-0.2, 0) is 11.2 Å². The lowest BCUT2D eigenvalue weighted by Crippen LogP contribution is -2.32. The highest BCUT2D eigenvalue weighted by molar-refractivity contribution is 5.98. The third-order valence-corrected chi connectivity index (χ3v) is 3.70. The molecule has 0 saturated heterocycles. The normalized spacial score (nSPS) is 14.0. The van der Waals surface area contributed by atoms with Crippen LogP contribution in [0, 0.1) is 0 Å². The van der Waals surface area contributed by atoms with Gasteiger partial charge in [-0.25, -0.2) is 0 Å². The summed E-state index contributed by atoms with van der Waals surface area (Å²) in [6.07, 6.45) is 1.11. The second-order valence-electron chi connectivity index (χ2n) is 5.15. The maximum atomic E-state index is 12.6. The highest BCUT2D eigenvalue weighted by Gasteiger charge is 2.21. The largest absolute Gasteiger partial charge is 0.508 e. The molecule has 2 aromatic carbocycles. The van der Waals surface area contributed by atoms with Crippen molar-refractivity contribution in [2.24, 2.45) is 0 Å². The van der Waals surface area contributed by atoms with Crippen LogP contribution in [0.4, 0.5) is 11.4 Å². The Balaban J connectivity index is 1.86. The number of rotatable bonds is 2. The standard InChI is InChI=1S/C17H18N2O2/c20-16-9-4-1-6-13(16)12-17(21)19-11-5-10-18-14-7-2-3-8-15(14)19/h1-4,6-9,18,20H,5,10-12H2. The van der Waals surface area contributed by atoms with Crippen molar-refractivity contribution < 1.29 is 9.90 Å². The predicted octanol–water partition coefficient (Wildman–Crippen LogP) is 2.78. The van der Waals surface area contributed by atoms with Crippen LogP contribution in [0.5, 0.6) is 5.75 Å². The molecule has 1 heterocycles. The van der Waals surface area contributed by atoms with Gasteiger partial charge >= 0.3 is 0 Å². The third kappa shape index (κ3) is 2.84.